The van der Waals surface area contributed by atoms with Crippen LogP contribution in [0.4, 0.5) is 9.18 Å². The molecule has 0 radical (unpaired) electrons. The fourth-order valence-corrected chi connectivity index (χ4v) is 1.54. The van der Waals surface area contributed by atoms with E-state index in [0.29, 0.717) is 4.47 Å². The third-order valence-corrected chi connectivity index (χ3v) is 2.76. The maximum Gasteiger partial charge on any atom is 0.341 e. The zero-order chi connectivity index (χ0) is 15.3. The Morgan fingerprint density at radius 3 is 2.55 bits per heavy atom. The number of amides is 3. The molecule has 1 aromatic carbocycles. The van der Waals surface area contributed by atoms with Gasteiger partial charge in [-0.15, -0.1) is 0 Å². The minimum Gasteiger partial charge on any atom is -0.449 e. The SMILES string of the molecule is CNC(=O)NC(=O)[C@H](C)OC(=O)c1ccc(Br)cc1F. The monoisotopic (exact) mass is 346 g/mol. The van der Waals surface area contributed by atoms with Crippen molar-refractivity contribution in [3.05, 3.63) is 34.1 Å². The van der Waals surface area contributed by atoms with Crippen LogP contribution in [0, 0.1) is 5.82 Å². The molecule has 3 amide bonds. The number of halogens is 2. The molecule has 0 saturated carbocycles. The molecule has 2 N–H and O–H groups in total. The Morgan fingerprint density at radius 1 is 1.35 bits per heavy atom. The predicted molar refractivity (Wildman–Crippen MR) is 71.6 cm³/mol. The van der Waals surface area contributed by atoms with Gasteiger partial charge in [-0.25, -0.2) is 14.0 Å². The van der Waals surface area contributed by atoms with Gasteiger partial charge in [-0.3, -0.25) is 10.1 Å². The first-order valence-corrected chi connectivity index (χ1v) is 6.33. The lowest BCUT2D eigenvalue weighted by Gasteiger charge is -2.13. The summed E-state index contributed by atoms with van der Waals surface area (Å²) in [5.74, 6) is -2.58. The summed E-state index contributed by atoms with van der Waals surface area (Å²) in [6.07, 6.45) is -1.23. The van der Waals surface area contributed by atoms with E-state index in [2.05, 4.69) is 21.2 Å². The number of carbonyl (C=O) groups excluding carboxylic acids is 3. The van der Waals surface area contributed by atoms with Crippen molar-refractivity contribution in [1.29, 1.82) is 0 Å². The van der Waals surface area contributed by atoms with Gasteiger partial charge < -0.3 is 10.1 Å². The molecule has 8 heteroatoms. The molecular weight excluding hydrogens is 335 g/mol. The minimum atomic E-state index is -1.23. The highest BCUT2D eigenvalue weighted by Crippen LogP contribution is 2.16. The number of carbonyl (C=O) groups is 3. The number of nitrogens with one attached hydrogen (secondary N) is 2. The highest BCUT2D eigenvalue weighted by Gasteiger charge is 2.22. The number of benzene rings is 1. The van der Waals surface area contributed by atoms with Gasteiger partial charge >= 0.3 is 12.0 Å². The molecule has 1 atom stereocenters. The van der Waals surface area contributed by atoms with E-state index in [1.807, 2.05) is 5.32 Å². The fraction of sp³-hybridized carbons (Fsp3) is 0.250. The van der Waals surface area contributed by atoms with Crippen molar-refractivity contribution in [1.82, 2.24) is 10.6 Å². The van der Waals surface area contributed by atoms with Gasteiger partial charge in [0.1, 0.15) is 5.82 Å². The number of hydrogen-bond acceptors (Lipinski definition) is 4. The van der Waals surface area contributed by atoms with E-state index >= 15 is 0 Å². The Balaban J connectivity index is 2.70. The largest absolute Gasteiger partial charge is 0.449 e. The summed E-state index contributed by atoms with van der Waals surface area (Å²) in [5.41, 5.74) is -0.298. The van der Waals surface area contributed by atoms with Gasteiger partial charge in [0, 0.05) is 11.5 Å². The highest BCUT2D eigenvalue weighted by atomic mass is 79.9. The van der Waals surface area contributed by atoms with Crippen molar-refractivity contribution in [2.45, 2.75) is 13.0 Å². The van der Waals surface area contributed by atoms with Crippen molar-refractivity contribution in [3.63, 3.8) is 0 Å². The molecule has 0 aliphatic rings. The number of urea groups is 1. The lowest BCUT2D eigenvalue weighted by atomic mass is 10.2. The van der Waals surface area contributed by atoms with Crippen molar-refractivity contribution in [2.75, 3.05) is 7.05 Å². The van der Waals surface area contributed by atoms with Gasteiger partial charge in [-0.1, -0.05) is 15.9 Å². The second kappa shape index (κ2) is 6.99. The summed E-state index contributed by atoms with van der Waals surface area (Å²) in [6.45, 7) is 1.27. The van der Waals surface area contributed by atoms with Gasteiger partial charge in [0.25, 0.3) is 5.91 Å². The Hall–Kier alpha value is -1.96. The van der Waals surface area contributed by atoms with Crippen molar-refractivity contribution in [2.24, 2.45) is 0 Å². The standard InChI is InChI=1S/C12H12BrFN2O4/c1-6(10(17)16-12(19)15-2)20-11(18)8-4-3-7(13)5-9(8)14/h3-6H,1-2H3,(H2,15,16,17,19)/t6-/m0/s1. The quantitative estimate of drug-likeness (QED) is 0.814. The van der Waals surface area contributed by atoms with E-state index in [0.717, 1.165) is 6.07 Å². The average Bonchev–Trinajstić information content (AvgIpc) is 2.37. The van der Waals surface area contributed by atoms with Crippen LogP contribution in [-0.2, 0) is 9.53 Å². The molecule has 0 aliphatic carbocycles. The van der Waals surface area contributed by atoms with E-state index < -0.39 is 29.8 Å². The normalized spacial score (nSPS) is 11.4. The zero-order valence-corrected chi connectivity index (χ0v) is 12.3. The van der Waals surface area contributed by atoms with Crippen molar-refractivity contribution in [3.8, 4) is 0 Å². The first kappa shape index (κ1) is 16.1. The van der Waals surface area contributed by atoms with E-state index in [4.69, 9.17) is 4.74 Å². The van der Waals surface area contributed by atoms with Crippen LogP contribution in [0.25, 0.3) is 0 Å². The molecule has 0 fully saturated rings. The van der Waals surface area contributed by atoms with Crippen molar-refractivity contribution >= 4 is 33.8 Å². The lowest BCUT2D eigenvalue weighted by Crippen LogP contribution is -2.43. The molecule has 1 aromatic rings. The van der Waals surface area contributed by atoms with Crippen LogP contribution in [0.1, 0.15) is 17.3 Å². The molecule has 0 aromatic heterocycles. The predicted octanol–water partition coefficient (Wildman–Crippen LogP) is 1.59. The second-order valence-electron chi connectivity index (χ2n) is 3.74. The summed E-state index contributed by atoms with van der Waals surface area (Å²) >= 11 is 3.05. The van der Waals surface area contributed by atoms with Crippen LogP contribution in [-0.4, -0.2) is 31.1 Å². The van der Waals surface area contributed by atoms with Gasteiger partial charge in [0.05, 0.1) is 5.56 Å². The van der Waals surface area contributed by atoms with Crippen molar-refractivity contribution < 1.29 is 23.5 Å². The second-order valence-corrected chi connectivity index (χ2v) is 4.66. The Bertz CT molecular complexity index is 550. The molecule has 108 valence electrons. The molecule has 0 heterocycles. The molecule has 0 bridgehead atoms. The molecule has 0 saturated heterocycles. The van der Waals surface area contributed by atoms with E-state index in [1.165, 1.54) is 26.1 Å². The average molecular weight is 347 g/mol. The topological polar surface area (TPSA) is 84.5 Å². The maximum atomic E-state index is 13.5. The third-order valence-electron chi connectivity index (χ3n) is 2.27. The van der Waals surface area contributed by atoms with E-state index in [-0.39, 0.29) is 5.56 Å². The number of esters is 1. The molecule has 20 heavy (non-hydrogen) atoms. The van der Waals surface area contributed by atoms with Crippen LogP contribution < -0.4 is 10.6 Å². The summed E-state index contributed by atoms with van der Waals surface area (Å²) in [7, 11) is 1.33. The first-order valence-electron chi connectivity index (χ1n) is 5.53. The summed E-state index contributed by atoms with van der Waals surface area (Å²) in [5, 5.41) is 4.12. The lowest BCUT2D eigenvalue weighted by molar-refractivity contribution is -0.127. The molecule has 1 rings (SSSR count). The van der Waals surface area contributed by atoms with Crippen LogP contribution >= 0.6 is 15.9 Å². The van der Waals surface area contributed by atoms with Gasteiger partial charge in [-0.05, 0) is 25.1 Å². The number of rotatable bonds is 3. The van der Waals surface area contributed by atoms with Crippen LogP contribution in [0.15, 0.2) is 22.7 Å². The minimum absolute atomic E-state index is 0.298. The highest BCUT2D eigenvalue weighted by molar-refractivity contribution is 9.10. The molecule has 0 aliphatic heterocycles. The van der Waals surface area contributed by atoms with Crippen LogP contribution in [0.5, 0.6) is 0 Å². The molecule has 0 unspecified atom stereocenters. The van der Waals surface area contributed by atoms with Gasteiger partial charge in [0.2, 0.25) is 0 Å². The molecule has 6 nitrogen and oxygen atoms in total. The first-order chi connectivity index (χ1) is 9.35. The Kier molecular flexibility index (Phi) is 5.63. The van der Waals surface area contributed by atoms with Gasteiger partial charge in [0.15, 0.2) is 6.10 Å². The summed E-state index contributed by atoms with van der Waals surface area (Å²) in [6, 6.07) is 3.07. The van der Waals surface area contributed by atoms with E-state index in [9.17, 15) is 18.8 Å². The number of hydrogen-bond donors (Lipinski definition) is 2. The van der Waals surface area contributed by atoms with Gasteiger partial charge in [-0.2, -0.15) is 0 Å². The number of imide groups is 1. The molecular formula is C12H12BrFN2O4. The van der Waals surface area contributed by atoms with E-state index in [1.54, 1.807) is 0 Å². The third kappa shape index (κ3) is 4.30. The van der Waals surface area contributed by atoms with Crippen LogP contribution in [0.2, 0.25) is 0 Å². The Labute approximate surface area is 122 Å². The maximum absolute atomic E-state index is 13.5. The smallest absolute Gasteiger partial charge is 0.341 e. The summed E-state index contributed by atoms with van der Waals surface area (Å²) in [4.78, 5) is 34.1. The zero-order valence-electron chi connectivity index (χ0n) is 10.7. The Morgan fingerprint density at radius 2 is 2.00 bits per heavy atom. The van der Waals surface area contributed by atoms with Crippen LogP contribution in [0.3, 0.4) is 0 Å². The molecule has 0 spiro atoms. The number of ether oxygens (including phenoxy) is 1. The summed E-state index contributed by atoms with van der Waals surface area (Å²) < 4.78 is 18.8. The fourth-order valence-electron chi connectivity index (χ4n) is 1.21.